The number of sulfonamides is 1. The lowest BCUT2D eigenvalue weighted by molar-refractivity contribution is 0.0490. The van der Waals surface area contributed by atoms with Gasteiger partial charge in [0.15, 0.2) is 0 Å². The largest absolute Gasteiger partial charge is 0.460 e. The number of anilines is 1. The zero-order chi connectivity index (χ0) is 17.2. The second-order valence-corrected chi connectivity index (χ2v) is 6.41. The zero-order valence-electron chi connectivity index (χ0n) is 12.6. The van der Waals surface area contributed by atoms with Crippen molar-refractivity contribution in [2.24, 2.45) is 0 Å². The number of halogens is 1. The van der Waals surface area contributed by atoms with Gasteiger partial charge in [-0.05, 0) is 19.9 Å². The fourth-order valence-corrected chi connectivity index (χ4v) is 2.75. The summed E-state index contributed by atoms with van der Waals surface area (Å²) in [6, 6.07) is 0.482. The molecule has 0 bridgehead atoms. The number of hydrogen-bond acceptors (Lipinski definition) is 7. The van der Waals surface area contributed by atoms with Gasteiger partial charge in [0.1, 0.15) is 10.7 Å². The van der Waals surface area contributed by atoms with Crippen LogP contribution in [0.2, 0.25) is 0 Å². The van der Waals surface area contributed by atoms with Crippen LogP contribution in [-0.4, -0.2) is 38.0 Å². The van der Waals surface area contributed by atoms with Crippen molar-refractivity contribution >= 4 is 22.0 Å². The topological polar surface area (TPSA) is 103 Å². The van der Waals surface area contributed by atoms with Crippen molar-refractivity contribution in [3.63, 3.8) is 0 Å². The number of pyridine rings is 1. The molecule has 10 heteroatoms. The molecule has 0 fully saturated rings. The first-order chi connectivity index (χ1) is 10.8. The highest BCUT2D eigenvalue weighted by Crippen LogP contribution is 2.24. The highest BCUT2D eigenvalue weighted by molar-refractivity contribution is 7.92. The standard InChI is InChI=1S/C13H14FN3O5S/c1-4-21-12(18)11-8(2)16-13(22-11)17(3)23(19,20)10-5-9(14)6-15-7-10/h5-7H,4H2,1-3H3. The molecule has 0 saturated heterocycles. The molecule has 2 aromatic rings. The molecule has 0 aromatic carbocycles. The van der Waals surface area contributed by atoms with Crippen molar-refractivity contribution in [2.75, 3.05) is 18.0 Å². The minimum absolute atomic E-state index is 0.136. The molecule has 0 aliphatic rings. The summed E-state index contributed by atoms with van der Waals surface area (Å²) in [6.07, 6.45) is 1.88. The molecule has 0 N–H and O–H groups in total. The van der Waals surface area contributed by atoms with Crippen molar-refractivity contribution in [3.05, 3.63) is 35.7 Å². The molecular weight excluding hydrogens is 329 g/mol. The molecule has 0 aliphatic heterocycles. The van der Waals surface area contributed by atoms with Crippen LogP contribution in [0.15, 0.2) is 27.8 Å². The van der Waals surface area contributed by atoms with E-state index < -0.39 is 21.8 Å². The third-order valence-corrected chi connectivity index (χ3v) is 4.55. The number of esters is 1. The predicted octanol–water partition coefficient (Wildman–Crippen LogP) is 1.52. The zero-order valence-corrected chi connectivity index (χ0v) is 13.4. The first-order valence-electron chi connectivity index (χ1n) is 6.51. The lowest BCUT2D eigenvalue weighted by Gasteiger charge is -2.14. The maximum absolute atomic E-state index is 13.2. The van der Waals surface area contributed by atoms with Crippen LogP contribution in [0.4, 0.5) is 10.4 Å². The smallest absolute Gasteiger partial charge is 0.376 e. The summed E-state index contributed by atoms with van der Waals surface area (Å²) in [6.45, 7) is 3.24. The maximum atomic E-state index is 13.2. The molecular formula is C13H14FN3O5S. The van der Waals surface area contributed by atoms with Gasteiger partial charge in [0.05, 0.1) is 18.5 Å². The van der Waals surface area contributed by atoms with E-state index in [1.54, 1.807) is 6.92 Å². The van der Waals surface area contributed by atoms with Gasteiger partial charge in [0.2, 0.25) is 5.76 Å². The lowest BCUT2D eigenvalue weighted by atomic mass is 10.4. The van der Waals surface area contributed by atoms with Crippen molar-refractivity contribution in [3.8, 4) is 0 Å². The van der Waals surface area contributed by atoms with E-state index in [0.717, 1.165) is 18.5 Å². The molecule has 0 unspecified atom stereocenters. The Labute approximate surface area is 132 Å². The van der Waals surface area contributed by atoms with Gasteiger partial charge in [-0.25, -0.2) is 21.9 Å². The maximum Gasteiger partial charge on any atom is 0.376 e. The van der Waals surface area contributed by atoms with Crippen molar-refractivity contribution in [1.82, 2.24) is 9.97 Å². The van der Waals surface area contributed by atoms with Gasteiger partial charge in [0.25, 0.3) is 10.0 Å². The second-order valence-electron chi connectivity index (χ2n) is 4.44. The van der Waals surface area contributed by atoms with Crippen molar-refractivity contribution < 1.29 is 26.8 Å². The number of nitrogens with zero attached hydrogens (tertiary/aromatic N) is 3. The Balaban J connectivity index is 2.39. The molecule has 8 nitrogen and oxygen atoms in total. The van der Waals surface area contributed by atoms with Crippen LogP contribution in [0.5, 0.6) is 0 Å². The Hall–Kier alpha value is -2.49. The van der Waals surface area contributed by atoms with Crippen molar-refractivity contribution in [2.45, 2.75) is 18.7 Å². The van der Waals surface area contributed by atoms with Gasteiger partial charge in [-0.1, -0.05) is 0 Å². The van der Waals surface area contributed by atoms with Crippen LogP contribution in [0.3, 0.4) is 0 Å². The number of aromatic nitrogens is 2. The van der Waals surface area contributed by atoms with E-state index in [1.165, 1.54) is 14.0 Å². The van der Waals surface area contributed by atoms with Gasteiger partial charge < -0.3 is 9.15 Å². The van der Waals surface area contributed by atoms with Gasteiger partial charge in [-0.3, -0.25) is 4.98 Å². The molecule has 2 rings (SSSR count). The molecule has 124 valence electrons. The van der Waals surface area contributed by atoms with Crippen LogP contribution in [0.25, 0.3) is 0 Å². The molecule has 2 aromatic heterocycles. The molecule has 0 radical (unpaired) electrons. The number of carbonyl (C=O) groups excluding carboxylic acids is 1. The average molecular weight is 343 g/mol. The Morgan fingerprint density at radius 2 is 2.13 bits per heavy atom. The Morgan fingerprint density at radius 3 is 2.74 bits per heavy atom. The lowest BCUT2D eigenvalue weighted by Crippen LogP contribution is -2.27. The molecule has 0 spiro atoms. The van der Waals surface area contributed by atoms with Gasteiger partial charge in [-0.2, -0.15) is 4.98 Å². The minimum atomic E-state index is -4.13. The van der Waals surface area contributed by atoms with E-state index in [-0.39, 0.29) is 29.0 Å². The van der Waals surface area contributed by atoms with E-state index in [0.29, 0.717) is 4.31 Å². The van der Waals surface area contributed by atoms with Gasteiger partial charge in [0, 0.05) is 13.2 Å². The fourth-order valence-electron chi connectivity index (χ4n) is 1.70. The Bertz CT molecular complexity index is 834. The quantitative estimate of drug-likeness (QED) is 0.758. The van der Waals surface area contributed by atoms with Gasteiger partial charge >= 0.3 is 12.0 Å². The molecule has 0 aliphatic carbocycles. The monoisotopic (exact) mass is 343 g/mol. The van der Waals surface area contributed by atoms with Crippen LogP contribution >= 0.6 is 0 Å². The van der Waals surface area contributed by atoms with Crippen LogP contribution in [-0.2, 0) is 14.8 Å². The third-order valence-electron chi connectivity index (χ3n) is 2.85. The van der Waals surface area contributed by atoms with E-state index in [9.17, 15) is 17.6 Å². The number of aryl methyl sites for hydroxylation is 1. The van der Waals surface area contributed by atoms with Crippen molar-refractivity contribution in [1.29, 1.82) is 0 Å². The van der Waals surface area contributed by atoms with E-state index in [2.05, 4.69) is 9.97 Å². The summed E-state index contributed by atoms with van der Waals surface area (Å²) in [5, 5.41) is 0. The number of carbonyl (C=O) groups is 1. The molecule has 0 amide bonds. The average Bonchev–Trinajstić information content (AvgIpc) is 2.88. The van der Waals surface area contributed by atoms with Gasteiger partial charge in [-0.15, -0.1) is 0 Å². The van der Waals surface area contributed by atoms with E-state index in [4.69, 9.17) is 9.15 Å². The normalized spacial score (nSPS) is 11.3. The van der Waals surface area contributed by atoms with E-state index in [1.807, 2.05) is 0 Å². The summed E-state index contributed by atoms with van der Waals surface area (Å²) < 4.78 is 48.6. The van der Waals surface area contributed by atoms with E-state index >= 15 is 0 Å². The number of ether oxygens (including phenoxy) is 1. The molecule has 2 heterocycles. The molecule has 0 atom stereocenters. The Kier molecular flexibility index (Phi) is 4.64. The highest BCUT2D eigenvalue weighted by atomic mass is 32.2. The summed E-state index contributed by atoms with van der Waals surface area (Å²) in [5.41, 5.74) is 0.179. The first-order valence-corrected chi connectivity index (χ1v) is 7.95. The highest BCUT2D eigenvalue weighted by Gasteiger charge is 2.28. The number of oxazole rings is 1. The van der Waals surface area contributed by atoms with Crippen LogP contribution in [0, 0.1) is 12.7 Å². The summed E-state index contributed by atoms with van der Waals surface area (Å²) in [5.74, 6) is -1.74. The summed E-state index contributed by atoms with van der Waals surface area (Å²) in [4.78, 5) is 18.7. The number of hydrogen-bond donors (Lipinski definition) is 0. The second kappa shape index (κ2) is 6.32. The fraction of sp³-hybridized carbons (Fsp3) is 0.308. The molecule has 23 heavy (non-hydrogen) atoms. The molecule has 0 saturated carbocycles. The van der Waals surface area contributed by atoms with Crippen LogP contribution in [0.1, 0.15) is 23.2 Å². The SMILES string of the molecule is CCOC(=O)c1oc(N(C)S(=O)(=O)c2cncc(F)c2)nc1C. The number of rotatable bonds is 5. The third kappa shape index (κ3) is 3.31. The van der Waals surface area contributed by atoms with Crippen LogP contribution < -0.4 is 4.31 Å². The first kappa shape index (κ1) is 16.9. The predicted molar refractivity (Wildman–Crippen MR) is 77.0 cm³/mol. The summed E-state index contributed by atoms with van der Waals surface area (Å²) >= 11 is 0. The summed E-state index contributed by atoms with van der Waals surface area (Å²) in [7, 11) is -2.97. The minimum Gasteiger partial charge on any atom is -0.460 e. The Morgan fingerprint density at radius 1 is 1.43 bits per heavy atom.